The Kier molecular flexibility index (Phi) is 5.63. The minimum absolute atomic E-state index is 0.102. The molecule has 2 atom stereocenters. The van der Waals surface area contributed by atoms with Crippen LogP contribution in [0.2, 0.25) is 0 Å². The molecular formula is C15H30N2O2. The lowest BCUT2D eigenvalue weighted by Crippen LogP contribution is -2.50. The van der Waals surface area contributed by atoms with Crippen molar-refractivity contribution >= 4 is 0 Å². The summed E-state index contributed by atoms with van der Waals surface area (Å²) in [7, 11) is 1.79. The average molecular weight is 270 g/mol. The first-order valence-electron chi connectivity index (χ1n) is 7.75. The van der Waals surface area contributed by atoms with Gasteiger partial charge in [0.2, 0.25) is 0 Å². The Morgan fingerprint density at radius 3 is 2.79 bits per heavy atom. The number of ether oxygens (including phenoxy) is 1. The first-order valence-corrected chi connectivity index (χ1v) is 7.75. The quantitative estimate of drug-likeness (QED) is 0.696. The first kappa shape index (κ1) is 15.2. The number of nitrogens with one attached hydrogen (secondary N) is 1. The van der Waals surface area contributed by atoms with Crippen molar-refractivity contribution in [2.24, 2.45) is 5.92 Å². The normalized spacial score (nSPS) is 28.3. The van der Waals surface area contributed by atoms with Crippen molar-refractivity contribution in [3.05, 3.63) is 0 Å². The van der Waals surface area contributed by atoms with E-state index in [1.807, 2.05) is 0 Å². The highest BCUT2D eigenvalue weighted by Crippen LogP contribution is 2.25. The molecule has 0 aromatic carbocycles. The Balaban J connectivity index is 1.73. The van der Waals surface area contributed by atoms with E-state index in [0.29, 0.717) is 12.0 Å². The van der Waals surface area contributed by atoms with Crippen molar-refractivity contribution in [3.8, 4) is 0 Å². The fourth-order valence-electron chi connectivity index (χ4n) is 3.05. The molecule has 0 amide bonds. The highest BCUT2D eigenvalue weighted by molar-refractivity contribution is 4.93. The highest BCUT2D eigenvalue weighted by atomic mass is 16.5. The monoisotopic (exact) mass is 270 g/mol. The van der Waals surface area contributed by atoms with Gasteiger partial charge in [-0.05, 0) is 58.0 Å². The zero-order valence-corrected chi connectivity index (χ0v) is 12.5. The molecule has 1 aliphatic heterocycles. The molecule has 4 nitrogen and oxygen atoms in total. The summed E-state index contributed by atoms with van der Waals surface area (Å²) in [4.78, 5) is 2.54. The molecular weight excluding hydrogens is 240 g/mol. The van der Waals surface area contributed by atoms with E-state index in [1.165, 1.54) is 32.2 Å². The van der Waals surface area contributed by atoms with E-state index < -0.39 is 0 Å². The summed E-state index contributed by atoms with van der Waals surface area (Å²) in [5.74, 6) is 0.690. The van der Waals surface area contributed by atoms with E-state index in [-0.39, 0.29) is 12.1 Å². The number of rotatable bonds is 8. The largest absolute Gasteiger partial charge is 0.394 e. The molecule has 2 aliphatic rings. The zero-order valence-electron chi connectivity index (χ0n) is 12.5. The number of nitrogens with zero attached hydrogens (tertiary/aromatic N) is 1. The number of aliphatic hydroxyl groups excluding tert-OH is 1. The van der Waals surface area contributed by atoms with Gasteiger partial charge in [0.1, 0.15) is 0 Å². The first-order chi connectivity index (χ1) is 9.15. The molecule has 0 bridgehead atoms. The van der Waals surface area contributed by atoms with Crippen LogP contribution in [0.4, 0.5) is 0 Å². The molecule has 0 radical (unpaired) electrons. The van der Waals surface area contributed by atoms with E-state index >= 15 is 0 Å². The summed E-state index contributed by atoms with van der Waals surface area (Å²) in [6.45, 7) is 6.70. The molecule has 1 saturated carbocycles. The number of piperidine rings is 1. The van der Waals surface area contributed by atoms with Gasteiger partial charge in [0.05, 0.1) is 13.2 Å². The van der Waals surface area contributed by atoms with Crippen LogP contribution in [-0.4, -0.2) is 61.5 Å². The molecule has 2 fully saturated rings. The second-order valence-corrected chi connectivity index (χ2v) is 6.65. The van der Waals surface area contributed by atoms with Gasteiger partial charge in [-0.15, -0.1) is 0 Å². The van der Waals surface area contributed by atoms with Crippen LogP contribution in [-0.2, 0) is 4.74 Å². The topological polar surface area (TPSA) is 44.7 Å². The van der Waals surface area contributed by atoms with Gasteiger partial charge in [-0.3, -0.25) is 0 Å². The lowest BCUT2D eigenvalue weighted by Gasteiger charge is -2.36. The Hall–Kier alpha value is -0.160. The van der Waals surface area contributed by atoms with Crippen LogP contribution in [0.5, 0.6) is 0 Å². The van der Waals surface area contributed by atoms with Crippen LogP contribution in [0.15, 0.2) is 0 Å². The molecule has 2 unspecified atom stereocenters. The van der Waals surface area contributed by atoms with Crippen molar-refractivity contribution in [2.45, 2.75) is 50.6 Å². The molecule has 0 aromatic heterocycles. The fraction of sp³-hybridized carbons (Fsp3) is 1.00. The molecule has 1 saturated heterocycles. The lowest BCUT2D eigenvalue weighted by atomic mass is 9.95. The van der Waals surface area contributed by atoms with Gasteiger partial charge < -0.3 is 20.1 Å². The summed E-state index contributed by atoms with van der Waals surface area (Å²) in [6, 6.07) is 0.653. The predicted molar refractivity (Wildman–Crippen MR) is 77.3 cm³/mol. The molecule has 112 valence electrons. The molecule has 4 heteroatoms. The van der Waals surface area contributed by atoms with Crippen molar-refractivity contribution < 1.29 is 9.84 Å². The van der Waals surface area contributed by atoms with Crippen molar-refractivity contribution in [1.82, 2.24) is 10.2 Å². The van der Waals surface area contributed by atoms with Gasteiger partial charge in [0, 0.05) is 25.2 Å². The number of methoxy groups -OCH3 is 1. The maximum Gasteiger partial charge on any atom is 0.0611 e. The summed E-state index contributed by atoms with van der Waals surface area (Å²) < 4.78 is 5.28. The summed E-state index contributed by atoms with van der Waals surface area (Å²) in [6.07, 6.45) is 6.14. The SMILES string of the molecule is COCC1CCCN(CCC(C)(CO)NC2CC2)C1. The Morgan fingerprint density at radius 2 is 2.16 bits per heavy atom. The van der Waals surface area contributed by atoms with Gasteiger partial charge in [-0.2, -0.15) is 0 Å². The summed E-state index contributed by atoms with van der Waals surface area (Å²) in [5, 5.41) is 13.2. The van der Waals surface area contributed by atoms with Gasteiger partial charge in [0.25, 0.3) is 0 Å². The molecule has 2 rings (SSSR count). The third-order valence-corrected chi connectivity index (χ3v) is 4.46. The average Bonchev–Trinajstić information content (AvgIpc) is 3.21. The zero-order chi connectivity index (χ0) is 13.7. The van der Waals surface area contributed by atoms with Crippen molar-refractivity contribution in [2.75, 3.05) is 40.0 Å². The molecule has 2 N–H and O–H groups in total. The van der Waals surface area contributed by atoms with Crippen LogP contribution < -0.4 is 5.32 Å². The lowest BCUT2D eigenvalue weighted by molar-refractivity contribution is 0.0795. The maximum atomic E-state index is 9.63. The number of likely N-dealkylation sites (tertiary alicyclic amines) is 1. The minimum atomic E-state index is -0.102. The smallest absolute Gasteiger partial charge is 0.0611 e. The number of hydrogen-bond acceptors (Lipinski definition) is 4. The molecule has 1 heterocycles. The molecule has 0 aromatic rings. The second kappa shape index (κ2) is 7.02. The third kappa shape index (κ3) is 5.03. The minimum Gasteiger partial charge on any atom is -0.394 e. The van der Waals surface area contributed by atoms with Crippen molar-refractivity contribution in [3.63, 3.8) is 0 Å². The number of aliphatic hydroxyl groups is 1. The van der Waals surface area contributed by atoms with E-state index in [2.05, 4.69) is 17.1 Å². The van der Waals surface area contributed by atoms with Gasteiger partial charge in [-0.25, -0.2) is 0 Å². The Morgan fingerprint density at radius 1 is 1.37 bits per heavy atom. The van der Waals surface area contributed by atoms with Crippen LogP contribution in [0.1, 0.15) is 39.0 Å². The summed E-state index contributed by atoms with van der Waals surface area (Å²) >= 11 is 0. The van der Waals surface area contributed by atoms with Crippen LogP contribution in [0.3, 0.4) is 0 Å². The highest BCUT2D eigenvalue weighted by Gasteiger charge is 2.32. The molecule has 19 heavy (non-hydrogen) atoms. The van der Waals surface area contributed by atoms with Gasteiger partial charge >= 0.3 is 0 Å². The Bertz CT molecular complexity index is 269. The van der Waals surface area contributed by atoms with E-state index in [1.54, 1.807) is 7.11 Å². The molecule has 0 spiro atoms. The molecule has 1 aliphatic carbocycles. The van der Waals surface area contributed by atoms with Crippen LogP contribution in [0.25, 0.3) is 0 Å². The van der Waals surface area contributed by atoms with Gasteiger partial charge in [0.15, 0.2) is 0 Å². The van der Waals surface area contributed by atoms with E-state index in [9.17, 15) is 5.11 Å². The van der Waals surface area contributed by atoms with Gasteiger partial charge in [-0.1, -0.05) is 0 Å². The third-order valence-electron chi connectivity index (χ3n) is 4.46. The second-order valence-electron chi connectivity index (χ2n) is 6.65. The standard InChI is InChI=1S/C15H30N2O2/c1-15(12-18,16-14-5-6-14)7-9-17-8-3-4-13(10-17)11-19-2/h13-14,16,18H,3-12H2,1-2H3. The van der Waals surface area contributed by atoms with Crippen LogP contribution >= 0.6 is 0 Å². The maximum absolute atomic E-state index is 9.63. The Labute approximate surface area is 117 Å². The predicted octanol–water partition coefficient (Wildman–Crippen LogP) is 1.24. The van der Waals surface area contributed by atoms with Crippen LogP contribution in [0, 0.1) is 5.92 Å². The fourth-order valence-corrected chi connectivity index (χ4v) is 3.05. The van der Waals surface area contributed by atoms with E-state index in [4.69, 9.17) is 4.74 Å². The number of hydrogen-bond donors (Lipinski definition) is 2. The summed E-state index contributed by atoms with van der Waals surface area (Å²) in [5.41, 5.74) is -0.102. The van der Waals surface area contributed by atoms with Crippen molar-refractivity contribution in [1.29, 1.82) is 0 Å². The van der Waals surface area contributed by atoms with E-state index in [0.717, 1.165) is 26.1 Å².